The number of halogens is 1. The van der Waals surface area contributed by atoms with Crippen LogP contribution in [0.2, 0.25) is 5.02 Å². The fraction of sp³-hybridized carbons (Fsp3) is 0.121. The Morgan fingerprint density at radius 1 is 0.884 bits per heavy atom. The predicted molar refractivity (Wildman–Crippen MR) is 172 cm³/mol. The molecule has 4 aromatic carbocycles. The summed E-state index contributed by atoms with van der Waals surface area (Å²) < 4.78 is 10.8. The highest BCUT2D eigenvalue weighted by molar-refractivity contribution is 8.00. The summed E-state index contributed by atoms with van der Waals surface area (Å²) >= 11 is 7.35. The van der Waals surface area contributed by atoms with E-state index in [1.54, 1.807) is 91.0 Å². The largest absolute Gasteiger partial charge is 0.495 e. The van der Waals surface area contributed by atoms with Crippen molar-refractivity contribution in [3.8, 4) is 11.5 Å². The summed E-state index contributed by atoms with van der Waals surface area (Å²) in [6.45, 7) is 2.44. The number of benzene rings is 4. The van der Waals surface area contributed by atoms with Crippen molar-refractivity contribution in [1.82, 2.24) is 5.32 Å². The number of hydrogen-bond acceptors (Lipinski definition) is 6. The van der Waals surface area contributed by atoms with Crippen LogP contribution < -0.4 is 25.4 Å². The van der Waals surface area contributed by atoms with E-state index in [-0.39, 0.29) is 17.4 Å². The van der Waals surface area contributed by atoms with Gasteiger partial charge in [-0.1, -0.05) is 48.0 Å². The molecule has 0 aliphatic carbocycles. The summed E-state index contributed by atoms with van der Waals surface area (Å²) in [6.07, 6.45) is 1.60. The van der Waals surface area contributed by atoms with Gasteiger partial charge in [-0.25, -0.2) is 0 Å². The number of anilines is 2. The zero-order valence-corrected chi connectivity index (χ0v) is 25.1. The number of carbonyl (C=O) groups excluding carboxylic acids is 3. The lowest BCUT2D eigenvalue weighted by Gasteiger charge is -2.13. The van der Waals surface area contributed by atoms with Gasteiger partial charge in [-0.2, -0.15) is 0 Å². The van der Waals surface area contributed by atoms with Crippen LogP contribution in [-0.2, 0) is 9.59 Å². The number of thioether (sulfide) groups is 1. The molecule has 0 radical (unpaired) electrons. The van der Waals surface area contributed by atoms with Gasteiger partial charge in [0.1, 0.15) is 17.2 Å². The van der Waals surface area contributed by atoms with E-state index in [1.807, 2.05) is 19.1 Å². The van der Waals surface area contributed by atoms with Crippen molar-refractivity contribution in [3.63, 3.8) is 0 Å². The molecular weight excluding hydrogens is 586 g/mol. The van der Waals surface area contributed by atoms with E-state index in [9.17, 15) is 14.4 Å². The third-order valence-electron chi connectivity index (χ3n) is 5.93. The van der Waals surface area contributed by atoms with E-state index in [0.717, 1.165) is 4.90 Å². The molecule has 220 valence electrons. The molecule has 0 unspecified atom stereocenters. The maximum absolute atomic E-state index is 13.4. The van der Waals surface area contributed by atoms with Crippen LogP contribution in [0.25, 0.3) is 6.08 Å². The van der Waals surface area contributed by atoms with Crippen molar-refractivity contribution in [2.45, 2.75) is 11.8 Å². The molecule has 0 bridgehead atoms. The molecule has 0 saturated heterocycles. The standard InChI is InChI=1S/C33H30ClN3O5S/c1-3-42-26-15-12-22(13-16-26)18-29(37-32(39)23-8-5-4-6-9-23)33(40)35-25-10-7-11-27(20-25)43-21-31(38)36-28-19-24(34)14-17-30(28)41-2/h4-20H,3,21H2,1-2H3,(H,35,40)(H,36,38)(H,37,39)/b29-18+. The van der Waals surface area contributed by atoms with Gasteiger partial charge in [0.2, 0.25) is 5.91 Å². The summed E-state index contributed by atoms with van der Waals surface area (Å²) in [5.41, 5.74) is 2.16. The van der Waals surface area contributed by atoms with Crippen LogP contribution in [0.4, 0.5) is 11.4 Å². The van der Waals surface area contributed by atoms with E-state index in [4.69, 9.17) is 21.1 Å². The lowest BCUT2D eigenvalue weighted by atomic mass is 10.1. The van der Waals surface area contributed by atoms with Crippen molar-refractivity contribution in [2.75, 3.05) is 30.1 Å². The van der Waals surface area contributed by atoms with Crippen molar-refractivity contribution in [3.05, 3.63) is 119 Å². The Hall–Kier alpha value is -4.73. The molecule has 3 amide bonds. The van der Waals surface area contributed by atoms with Gasteiger partial charge in [0, 0.05) is 21.2 Å². The third-order valence-corrected chi connectivity index (χ3v) is 7.16. The van der Waals surface area contributed by atoms with E-state index in [1.165, 1.54) is 18.9 Å². The van der Waals surface area contributed by atoms with Crippen LogP contribution in [0.5, 0.6) is 11.5 Å². The number of ether oxygens (including phenoxy) is 2. The molecule has 0 atom stereocenters. The van der Waals surface area contributed by atoms with Crippen LogP contribution in [0.15, 0.2) is 108 Å². The average molecular weight is 616 g/mol. The van der Waals surface area contributed by atoms with E-state index >= 15 is 0 Å². The molecule has 43 heavy (non-hydrogen) atoms. The summed E-state index contributed by atoms with van der Waals surface area (Å²) in [4.78, 5) is 39.7. The number of hydrogen-bond donors (Lipinski definition) is 3. The quantitative estimate of drug-likeness (QED) is 0.118. The fourth-order valence-corrected chi connectivity index (χ4v) is 4.84. The van der Waals surface area contributed by atoms with Crippen LogP contribution in [0, 0.1) is 0 Å². The Balaban J connectivity index is 1.46. The number of nitrogens with one attached hydrogen (secondary N) is 3. The van der Waals surface area contributed by atoms with Gasteiger partial charge in [0.15, 0.2) is 0 Å². The zero-order chi connectivity index (χ0) is 30.6. The van der Waals surface area contributed by atoms with Gasteiger partial charge in [0.25, 0.3) is 11.8 Å². The predicted octanol–water partition coefficient (Wildman–Crippen LogP) is 6.89. The minimum absolute atomic E-state index is 0.0610. The molecule has 0 heterocycles. The molecule has 8 nitrogen and oxygen atoms in total. The second kappa shape index (κ2) is 15.5. The van der Waals surface area contributed by atoms with Crippen molar-refractivity contribution in [1.29, 1.82) is 0 Å². The van der Waals surface area contributed by atoms with E-state index in [0.29, 0.717) is 45.6 Å². The molecular formula is C33H30ClN3O5S. The normalized spacial score (nSPS) is 10.9. The van der Waals surface area contributed by atoms with Crippen molar-refractivity contribution < 1.29 is 23.9 Å². The molecule has 10 heteroatoms. The smallest absolute Gasteiger partial charge is 0.272 e. The van der Waals surface area contributed by atoms with Gasteiger partial charge in [-0.15, -0.1) is 11.8 Å². The Morgan fingerprint density at radius 3 is 2.37 bits per heavy atom. The first-order chi connectivity index (χ1) is 20.8. The number of methoxy groups -OCH3 is 1. The van der Waals surface area contributed by atoms with E-state index < -0.39 is 11.8 Å². The maximum Gasteiger partial charge on any atom is 0.272 e. The van der Waals surface area contributed by atoms with Gasteiger partial charge in [-0.05, 0) is 79.2 Å². The second-order valence-corrected chi connectivity index (χ2v) is 10.5. The molecule has 0 aromatic heterocycles. The Morgan fingerprint density at radius 2 is 1.65 bits per heavy atom. The number of carbonyl (C=O) groups is 3. The first-order valence-electron chi connectivity index (χ1n) is 13.3. The first-order valence-corrected chi connectivity index (χ1v) is 14.7. The topological polar surface area (TPSA) is 106 Å². The van der Waals surface area contributed by atoms with Gasteiger partial charge in [0.05, 0.1) is 25.2 Å². The minimum Gasteiger partial charge on any atom is -0.495 e. The second-order valence-electron chi connectivity index (χ2n) is 9.04. The monoisotopic (exact) mass is 615 g/mol. The zero-order valence-electron chi connectivity index (χ0n) is 23.6. The Kier molecular flexibility index (Phi) is 11.2. The van der Waals surface area contributed by atoms with Gasteiger partial charge in [-0.3, -0.25) is 14.4 Å². The maximum atomic E-state index is 13.4. The first kappa shape index (κ1) is 31.2. The highest BCUT2D eigenvalue weighted by Crippen LogP contribution is 2.28. The highest BCUT2D eigenvalue weighted by Gasteiger charge is 2.16. The molecule has 0 aliphatic heterocycles. The molecule has 3 N–H and O–H groups in total. The number of amides is 3. The molecule has 0 fully saturated rings. The van der Waals surface area contributed by atoms with Crippen LogP contribution in [0.1, 0.15) is 22.8 Å². The third kappa shape index (κ3) is 9.39. The van der Waals surface area contributed by atoms with Gasteiger partial charge >= 0.3 is 0 Å². The molecule has 0 aliphatic rings. The van der Waals surface area contributed by atoms with Crippen LogP contribution in [-0.4, -0.2) is 37.2 Å². The molecule has 0 spiro atoms. The SMILES string of the molecule is CCOc1ccc(/C=C(/NC(=O)c2ccccc2)C(=O)Nc2cccc(SCC(=O)Nc3cc(Cl)ccc3OC)c2)cc1. The van der Waals surface area contributed by atoms with Crippen LogP contribution in [0.3, 0.4) is 0 Å². The summed E-state index contributed by atoms with van der Waals surface area (Å²) in [6, 6.07) is 27.9. The van der Waals surface area contributed by atoms with E-state index in [2.05, 4.69) is 16.0 Å². The Labute approximate surface area is 259 Å². The number of rotatable bonds is 12. The summed E-state index contributed by atoms with van der Waals surface area (Å²) in [5.74, 6) is 0.146. The molecule has 4 rings (SSSR count). The molecule has 0 saturated carbocycles. The average Bonchev–Trinajstić information content (AvgIpc) is 3.01. The fourth-order valence-electron chi connectivity index (χ4n) is 3.91. The van der Waals surface area contributed by atoms with Crippen molar-refractivity contribution in [2.24, 2.45) is 0 Å². The summed E-state index contributed by atoms with van der Waals surface area (Å²) in [7, 11) is 1.51. The highest BCUT2D eigenvalue weighted by atomic mass is 35.5. The van der Waals surface area contributed by atoms with Crippen LogP contribution >= 0.6 is 23.4 Å². The Bertz CT molecular complexity index is 1610. The summed E-state index contributed by atoms with van der Waals surface area (Å²) in [5, 5.41) is 8.86. The molecule has 4 aromatic rings. The van der Waals surface area contributed by atoms with Crippen molar-refractivity contribution >= 4 is 58.5 Å². The minimum atomic E-state index is -0.508. The lowest BCUT2D eigenvalue weighted by molar-refractivity contribution is -0.114. The van der Waals surface area contributed by atoms with Gasteiger partial charge < -0.3 is 25.4 Å². The lowest BCUT2D eigenvalue weighted by Crippen LogP contribution is -2.30.